The van der Waals surface area contributed by atoms with Gasteiger partial charge in [0.05, 0.1) is 10.6 Å². The molecule has 0 bridgehead atoms. The zero-order chi connectivity index (χ0) is 15.1. The zero-order valence-corrected chi connectivity index (χ0v) is 12.1. The summed E-state index contributed by atoms with van der Waals surface area (Å²) >= 11 is 11.7. The second kappa shape index (κ2) is 5.02. The molecule has 0 amide bonds. The van der Waals surface area contributed by atoms with Gasteiger partial charge in [-0.1, -0.05) is 47.5 Å². The number of phenols is 1. The fourth-order valence-electron chi connectivity index (χ4n) is 2.25. The van der Waals surface area contributed by atoms with Gasteiger partial charge in [-0.15, -0.1) is 0 Å². The van der Waals surface area contributed by atoms with Gasteiger partial charge in [-0.3, -0.25) is 9.59 Å². The van der Waals surface area contributed by atoms with Gasteiger partial charge >= 0.3 is 0 Å². The molecule has 0 atom stereocenters. The molecule has 2 aromatic rings. The molecule has 1 aliphatic rings. The van der Waals surface area contributed by atoms with Crippen LogP contribution in [-0.2, 0) is 0 Å². The van der Waals surface area contributed by atoms with Gasteiger partial charge in [-0.05, 0) is 18.2 Å². The highest BCUT2D eigenvalue weighted by Gasteiger charge is 2.32. The first-order valence-corrected chi connectivity index (χ1v) is 6.83. The highest BCUT2D eigenvalue weighted by Crippen LogP contribution is 2.35. The lowest BCUT2D eigenvalue weighted by molar-refractivity contribution is 0.0990. The second-order valence-corrected chi connectivity index (χ2v) is 5.43. The average molecular weight is 319 g/mol. The molecule has 0 aromatic heterocycles. The molecule has 0 heterocycles. The molecule has 3 rings (SSSR count). The molecular weight excluding hydrogens is 311 g/mol. The first kappa shape index (κ1) is 13.9. The summed E-state index contributed by atoms with van der Waals surface area (Å²) in [6.45, 7) is 0. The smallest absolute Gasteiger partial charge is 0.197 e. The molecule has 21 heavy (non-hydrogen) atoms. The van der Waals surface area contributed by atoms with Crippen LogP contribution in [-0.4, -0.2) is 16.7 Å². The number of hydrogen-bond donors (Lipinski definition) is 1. The number of halogens is 2. The summed E-state index contributed by atoms with van der Waals surface area (Å²) in [4.78, 5) is 24.5. The van der Waals surface area contributed by atoms with Crippen LogP contribution in [0.3, 0.4) is 0 Å². The molecule has 0 spiro atoms. The number of benzene rings is 2. The number of fused-ring (bicyclic) bond motifs is 1. The lowest BCUT2D eigenvalue weighted by atomic mass is 10.1. The molecule has 2 aromatic carbocycles. The molecule has 104 valence electrons. The van der Waals surface area contributed by atoms with Crippen LogP contribution in [0.1, 0.15) is 26.3 Å². The van der Waals surface area contributed by atoms with E-state index in [2.05, 4.69) is 0 Å². The van der Waals surface area contributed by atoms with E-state index in [1.165, 1.54) is 18.2 Å². The van der Waals surface area contributed by atoms with E-state index < -0.39 is 0 Å². The molecule has 3 nitrogen and oxygen atoms in total. The minimum atomic E-state index is -0.369. The van der Waals surface area contributed by atoms with Gasteiger partial charge in [0.15, 0.2) is 11.6 Å². The predicted molar refractivity (Wildman–Crippen MR) is 81.2 cm³/mol. The van der Waals surface area contributed by atoms with E-state index in [0.29, 0.717) is 16.1 Å². The van der Waals surface area contributed by atoms with Crippen LogP contribution in [0.2, 0.25) is 10.0 Å². The van der Waals surface area contributed by atoms with Crippen molar-refractivity contribution in [3.05, 3.63) is 68.7 Å². The normalized spacial score (nSPS) is 13.5. The number of allylic oxidation sites excluding steroid dienone is 1. The van der Waals surface area contributed by atoms with Gasteiger partial charge in [0.25, 0.3) is 0 Å². The third-order valence-corrected chi connectivity index (χ3v) is 3.77. The summed E-state index contributed by atoms with van der Waals surface area (Å²) in [7, 11) is 0. The predicted octanol–water partition coefficient (Wildman–Crippen LogP) is 4.16. The van der Waals surface area contributed by atoms with Gasteiger partial charge in [0, 0.05) is 21.7 Å². The maximum atomic E-state index is 12.3. The molecule has 0 saturated carbocycles. The van der Waals surface area contributed by atoms with Crippen LogP contribution in [0.15, 0.2) is 42.0 Å². The first-order valence-electron chi connectivity index (χ1n) is 6.07. The zero-order valence-electron chi connectivity index (χ0n) is 10.6. The number of rotatable bonds is 1. The number of ketones is 2. The Morgan fingerprint density at radius 3 is 2.10 bits per heavy atom. The number of carbonyl (C=O) groups excluding carboxylic acids is 2. The summed E-state index contributed by atoms with van der Waals surface area (Å²) in [5.74, 6) is -0.956. The van der Waals surface area contributed by atoms with Gasteiger partial charge in [-0.25, -0.2) is 0 Å². The molecule has 0 unspecified atom stereocenters. The van der Waals surface area contributed by atoms with Crippen LogP contribution >= 0.6 is 23.2 Å². The van der Waals surface area contributed by atoms with Crippen LogP contribution in [0.25, 0.3) is 6.08 Å². The van der Waals surface area contributed by atoms with Gasteiger partial charge in [-0.2, -0.15) is 0 Å². The van der Waals surface area contributed by atoms with Gasteiger partial charge in [0.1, 0.15) is 5.75 Å². The fourth-order valence-corrected chi connectivity index (χ4v) is 2.76. The number of Topliss-reactive ketones (excluding diaryl/α,β-unsaturated/α-hetero) is 2. The number of carbonyl (C=O) groups is 2. The van der Waals surface area contributed by atoms with Crippen molar-refractivity contribution >= 4 is 40.8 Å². The number of hydrogen-bond acceptors (Lipinski definition) is 3. The van der Waals surface area contributed by atoms with Crippen LogP contribution in [0.5, 0.6) is 5.75 Å². The minimum Gasteiger partial charge on any atom is -0.506 e. The molecular formula is C16H8Cl2O3. The van der Waals surface area contributed by atoms with Crippen LogP contribution < -0.4 is 0 Å². The monoisotopic (exact) mass is 318 g/mol. The van der Waals surface area contributed by atoms with Crippen LogP contribution in [0.4, 0.5) is 0 Å². The van der Waals surface area contributed by atoms with Crippen LogP contribution in [0, 0.1) is 0 Å². The minimum absolute atomic E-state index is 0.00941. The summed E-state index contributed by atoms with van der Waals surface area (Å²) < 4.78 is 0. The Labute approximate surface area is 130 Å². The van der Waals surface area contributed by atoms with Crippen molar-refractivity contribution < 1.29 is 14.7 Å². The topological polar surface area (TPSA) is 54.4 Å². The Kier molecular flexibility index (Phi) is 3.32. The van der Waals surface area contributed by atoms with E-state index in [1.807, 2.05) is 0 Å². The van der Waals surface area contributed by atoms with Crippen molar-refractivity contribution in [1.82, 2.24) is 0 Å². The molecule has 5 heteroatoms. The standard InChI is InChI=1S/C16H8Cl2O3/c17-9-5-8(14(19)13(18)7-9)6-12-15(20)10-3-1-2-4-11(10)16(12)21/h1-7,19H. The largest absolute Gasteiger partial charge is 0.506 e. The molecule has 0 radical (unpaired) electrons. The molecule has 0 aliphatic heterocycles. The van der Waals surface area contributed by atoms with E-state index in [4.69, 9.17) is 23.2 Å². The summed E-state index contributed by atoms with van der Waals surface area (Å²) in [6.07, 6.45) is 1.32. The third kappa shape index (κ3) is 2.24. The van der Waals surface area contributed by atoms with E-state index in [0.717, 1.165) is 0 Å². The van der Waals surface area contributed by atoms with Gasteiger partial charge < -0.3 is 5.11 Å². The van der Waals surface area contributed by atoms with Crippen molar-refractivity contribution in [2.75, 3.05) is 0 Å². The third-order valence-electron chi connectivity index (χ3n) is 3.26. The Morgan fingerprint density at radius 2 is 1.52 bits per heavy atom. The quantitative estimate of drug-likeness (QED) is 0.634. The van der Waals surface area contributed by atoms with Crippen molar-refractivity contribution in [2.24, 2.45) is 0 Å². The molecule has 1 N–H and O–H groups in total. The highest BCUT2D eigenvalue weighted by atomic mass is 35.5. The Bertz CT molecular complexity index is 785. The van der Waals surface area contributed by atoms with E-state index >= 15 is 0 Å². The average Bonchev–Trinajstić information content (AvgIpc) is 2.70. The molecule has 0 saturated heterocycles. The van der Waals surface area contributed by atoms with Crippen molar-refractivity contribution in [3.63, 3.8) is 0 Å². The molecule has 0 fully saturated rings. The maximum Gasteiger partial charge on any atom is 0.197 e. The summed E-state index contributed by atoms with van der Waals surface area (Å²) in [5.41, 5.74) is 0.949. The summed E-state index contributed by atoms with van der Waals surface area (Å²) in [6, 6.07) is 9.41. The van der Waals surface area contributed by atoms with E-state index in [1.54, 1.807) is 24.3 Å². The van der Waals surface area contributed by atoms with E-state index in [9.17, 15) is 14.7 Å². The highest BCUT2D eigenvalue weighted by molar-refractivity contribution is 6.41. The van der Waals surface area contributed by atoms with E-state index in [-0.39, 0.29) is 33.5 Å². The second-order valence-electron chi connectivity index (χ2n) is 4.59. The maximum absolute atomic E-state index is 12.3. The number of aromatic hydroxyl groups is 1. The van der Waals surface area contributed by atoms with Crippen molar-refractivity contribution in [3.8, 4) is 5.75 Å². The Morgan fingerprint density at radius 1 is 0.952 bits per heavy atom. The lowest BCUT2D eigenvalue weighted by Gasteiger charge is -2.03. The molecule has 1 aliphatic carbocycles. The number of phenolic OH excluding ortho intramolecular Hbond substituents is 1. The fraction of sp³-hybridized carbons (Fsp3) is 0. The first-order chi connectivity index (χ1) is 9.99. The Hall–Kier alpha value is -2.10. The Balaban J connectivity index is 2.15. The van der Waals surface area contributed by atoms with Crippen molar-refractivity contribution in [2.45, 2.75) is 0 Å². The lowest BCUT2D eigenvalue weighted by Crippen LogP contribution is -2.00. The van der Waals surface area contributed by atoms with Gasteiger partial charge in [0.2, 0.25) is 0 Å². The van der Waals surface area contributed by atoms with Crippen molar-refractivity contribution in [1.29, 1.82) is 0 Å². The SMILES string of the molecule is O=C1C(=Cc2cc(Cl)cc(Cl)c2O)C(=O)c2ccccc21. The summed E-state index contributed by atoms with van der Waals surface area (Å²) in [5, 5.41) is 10.3.